The van der Waals surface area contributed by atoms with Gasteiger partial charge in [0, 0.05) is 18.3 Å². The lowest BCUT2D eigenvalue weighted by Crippen LogP contribution is -2.41. The Morgan fingerprint density at radius 3 is 2.95 bits per heavy atom. The average Bonchev–Trinajstić information content (AvgIpc) is 2.46. The molecular formula is C15H21NO2S. The molecule has 0 radical (unpaired) electrons. The van der Waals surface area contributed by atoms with Crippen LogP contribution in [0, 0.1) is 0 Å². The fraction of sp³-hybridized carbons (Fsp3) is 0.533. The van der Waals surface area contributed by atoms with Crippen LogP contribution in [0.15, 0.2) is 30.3 Å². The summed E-state index contributed by atoms with van der Waals surface area (Å²) >= 11 is 1.94. The summed E-state index contributed by atoms with van der Waals surface area (Å²) in [6, 6.07) is 9.82. The third-order valence-electron chi connectivity index (χ3n) is 3.24. The van der Waals surface area contributed by atoms with Crippen molar-refractivity contribution in [3.63, 3.8) is 0 Å². The highest BCUT2D eigenvalue weighted by atomic mass is 32.2. The predicted octanol–water partition coefficient (Wildman–Crippen LogP) is 3.54. The van der Waals surface area contributed by atoms with E-state index in [1.807, 2.05) is 47.0 Å². The second kappa shape index (κ2) is 7.43. The van der Waals surface area contributed by atoms with Gasteiger partial charge in [-0.3, -0.25) is 0 Å². The van der Waals surface area contributed by atoms with Crippen molar-refractivity contribution in [1.29, 1.82) is 0 Å². The highest BCUT2D eigenvalue weighted by Crippen LogP contribution is 2.22. The summed E-state index contributed by atoms with van der Waals surface area (Å²) in [5.41, 5.74) is 1.03. The molecule has 1 aliphatic heterocycles. The SMILES string of the molecule is CCSC1CCCN(C(=O)OCc2ccccc2)C1. The van der Waals surface area contributed by atoms with E-state index in [1.54, 1.807) is 0 Å². The molecular weight excluding hydrogens is 258 g/mol. The van der Waals surface area contributed by atoms with E-state index in [0.29, 0.717) is 11.9 Å². The Kier molecular flexibility index (Phi) is 5.58. The van der Waals surface area contributed by atoms with E-state index in [9.17, 15) is 4.79 Å². The van der Waals surface area contributed by atoms with Gasteiger partial charge >= 0.3 is 6.09 Å². The second-order valence-electron chi connectivity index (χ2n) is 4.71. The van der Waals surface area contributed by atoms with E-state index in [2.05, 4.69) is 6.92 Å². The van der Waals surface area contributed by atoms with Crippen LogP contribution in [0.25, 0.3) is 0 Å². The molecule has 0 saturated carbocycles. The molecule has 1 atom stereocenters. The average molecular weight is 279 g/mol. The normalized spacial score (nSPS) is 19.2. The first-order valence-electron chi connectivity index (χ1n) is 6.87. The molecule has 0 bridgehead atoms. The van der Waals surface area contributed by atoms with Gasteiger partial charge in [-0.1, -0.05) is 37.3 Å². The van der Waals surface area contributed by atoms with Gasteiger partial charge in [-0.05, 0) is 24.2 Å². The maximum Gasteiger partial charge on any atom is 0.410 e. The molecule has 1 unspecified atom stereocenters. The van der Waals surface area contributed by atoms with E-state index in [-0.39, 0.29) is 6.09 Å². The summed E-state index contributed by atoms with van der Waals surface area (Å²) in [6.45, 7) is 4.18. The zero-order valence-corrected chi connectivity index (χ0v) is 12.2. The van der Waals surface area contributed by atoms with Crippen LogP contribution in [0.5, 0.6) is 0 Å². The predicted molar refractivity (Wildman–Crippen MR) is 79.4 cm³/mol. The number of hydrogen-bond acceptors (Lipinski definition) is 3. The van der Waals surface area contributed by atoms with Crippen molar-refractivity contribution in [3.05, 3.63) is 35.9 Å². The topological polar surface area (TPSA) is 29.5 Å². The van der Waals surface area contributed by atoms with Gasteiger partial charge in [0.25, 0.3) is 0 Å². The van der Waals surface area contributed by atoms with Gasteiger partial charge in [0.1, 0.15) is 6.61 Å². The van der Waals surface area contributed by atoms with Crippen molar-refractivity contribution in [1.82, 2.24) is 4.90 Å². The van der Waals surface area contributed by atoms with E-state index in [1.165, 1.54) is 6.42 Å². The fourth-order valence-electron chi connectivity index (χ4n) is 2.29. The molecule has 0 aromatic heterocycles. The Bertz CT molecular complexity index is 394. The van der Waals surface area contributed by atoms with Gasteiger partial charge in [-0.15, -0.1) is 0 Å². The first-order valence-corrected chi connectivity index (χ1v) is 7.91. The van der Waals surface area contributed by atoms with Crippen molar-refractivity contribution in [3.8, 4) is 0 Å². The summed E-state index contributed by atoms with van der Waals surface area (Å²) in [5.74, 6) is 1.11. The molecule has 1 saturated heterocycles. The molecule has 2 rings (SSSR count). The Labute approximate surface area is 119 Å². The van der Waals surface area contributed by atoms with Crippen molar-refractivity contribution >= 4 is 17.9 Å². The maximum absolute atomic E-state index is 12.0. The van der Waals surface area contributed by atoms with Crippen LogP contribution in [0.4, 0.5) is 4.79 Å². The summed E-state index contributed by atoms with van der Waals surface area (Å²) in [5, 5.41) is 0.572. The van der Waals surface area contributed by atoms with Crippen LogP contribution in [0.1, 0.15) is 25.3 Å². The van der Waals surface area contributed by atoms with E-state index < -0.39 is 0 Å². The van der Waals surface area contributed by atoms with Crippen LogP contribution >= 0.6 is 11.8 Å². The third kappa shape index (κ3) is 4.46. The largest absolute Gasteiger partial charge is 0.445 e. The zero-order valence-electron chi connectivity index (χ0n) is 11.4. The number of carbonyl (C=O) groups excluding carboxylic acids is 1. The molecule has 1 amide bonds. The summed E-state index contributed by atoms with van der Waals surface area (Å²) in [4.78, 5) is 13.9. The third-order valence-corrected chi connectivity index (χ3v) is 4.43. The molecule has 104 valence electrons. The number of hydrogen-bond donors (Lipinski definition) is 0. The second-order valence-corrected chi connectivity index (χ2v) is 6.28. The van der Waals surface area contributed by atoms with Crippen molar-refractivity contribution < 1.29 is 9.53 Å². The highest BCUT2D eigenvalue weighted by Gasteiger charge is 2.24. The van der Waals surface area contributed by atoms with Crippen molar-refractivity contribution in [2.24, 2.45) is 0 Å². The molecule has 19 heavy (non-hydrogen) atoms. The van der Waals surface area contributed by atoms with Gasteiger partial charge in [-0.2, -0.15) is 11.8 Å². The first-order chi connectivity index (χ1) is 9.29. The number of amides is 1. The fourth-order valence-corrected chi connectivity index (χ4v) is 3.38. The Hall–Kier alpha value is -1.16. The van der Waals surface area contributed by atoms with Crippen LogP contribution in [-0.2, 0) is 11.3 Å². The van der Waals surface area contributed by atoms with Gasteiger partial charge in [0.15, 0.2) is 0 Å². The Morgan fingerprint density at radius 2 is 2.21 bits per heavy atom. The van der Waals surface area contributed by atoms with Gasteiger partial charge in [0.2, 0.25) is 0 Å². The Morgan fingerprint density at radius 1 is 1.42 bits per heavy atom. The molecule has 1 aromatic rings. The molecule has 0 spiro atoms. The molecule has 3 nitrogen and oxygen atoms in total. The van der Waals surface area contributed by atoms with Gasteiger partial charge in [-0.25, -0.2) is 4.79 Å². The van der Waals surface area contributed by atoms with Crippen LogP contribution in [-0.4, -0.2) is 35.1 Å². The summed E-state index contributed by atoms with van der Waals surface area (Å²) < 4.78 is 5.37. The maximum atomic E-state index is 12.0. The lowest BCUT2D eigenvalue weighted by Gasteiger charge is -2.31. The number of piperidine rings is 1. The number of carbonyl (C=O) groups is 1. The molecule has 4 heteroatoms. The highest BCUT2D eigenvalue weighted by molar-refractivity contribution is 7.99. The number of thioether (sulfide) groups is 1. The van der Waals surface area contributed by atoms with Crippen LogP contribution < -0.4 is 0 Å². The van der Waals surface area contributed by atoms with E-state index in [0.717, 1.165) is 30.8 Å². The molecule has 1 aliphatic rings. The number of nitrogens with zero attached hydrogens (tertiary/aromatic N) is 1. The number of ether oxygens (including phenoxy) is 1. The Balaban J connectivity index is 1.79. The first kappa shape index (κ1) is 14.3. The molecule has 0 N–H and O–H groups in total. The lowest BCUT2D eigenvalue weighted by atomic mass is 10.1. The summed E-state index contributed by atoms with van der Waals surface area (Å²) in [6.07, 6.45) is 2.12. The molecule has 1 heterocycles. The van der Waals surface area contributed by atoms with Crippen LogP contribution in [0.3, 0.4) is 0 Å². The monoisotopic (exact) mass is 279 g/mol. The molecule has 0 aliphatic carbocycles. The van der Waals surface area contributed by atoms with E-state index >= 15 is 0 Å². The summed E-state index contributed by atoms with van der Waals surface area (Å²) in [7, 11) is 0. The lowest BCUT2D eigenvalue weighted by molar-refractivity contribution is 0.0903. The van der Waals surface area contributed by atoms with E-state index in [4.69, 9.17) is 4.74 Å². The smallest absolute Gasteiger partial charge is 0.410 e. The van der Waals surface area contributed by atoms with Crippen molar-refractivity contribution in [2.75, 3.05) is 18.8 Å². The number of benzene rings is 1. The minimum atomic E-state index is -0.176. The number of rotatable bonds is 4. The van der Waals surface area contributed by atoms with Gasteiger partial charge in [0.05, 0.1) is 0 Å². The van der Waals surface area contributed by atoms with Gasteiger partial charge < -0.3 is 9.64 Å². The minimum absolute atomic E-state index is 0.176. The minimum Gasteiger partial charge on any atom is -0.445 e. The molecule has 1 aromatic carbocycles. The van der Waals surface area contributed by atoms with Crippen LogP contribution in [0.2, 0.25) is 0 Å². The number of likely N-dealkylation sites (tertiary alicyclic amines) is 1. The standard InChI is InChI=1S/C15H21NO2S/c1-2-19-14-9-6-10-16(11-14)15(17)18-12-13-7-4-3-5-8-13/h3-5,7-8,14H,2,6,9-12H2,1H3. The molecule has 1 fully saturated rings. The quantitative estimate of drug-likeness (QED) is 0.844. The van der Waals surface area contributed by atoms with Crippen molar-refractivity contribution in [2.45, 2.75) is 31.6 Å². The zero-order chi connectivity index (χ0) is 13.5.